The molecule has 1 aromatic carbocycles. The van der Waals surface area contributed by atoms with E-state index in [1.54, 1.807) is 41.0 Å². The zero-order chi connectivity index (χ0) is 27.9. The van der Waals surface area contributed by atoms with Gasteiger partial charge in [-0.3, -0.25) is 19.3 Å². The van der Waals surface area contributed by atoms with Crippen LogP contribution in [0.1, 0.15) is 83.5 Å². The van der Waals surface area contributed by atoms with E-state index in [2.05, 4.69) is 13.2 Å². The van der Waals surface area contributed by atoms with E-state index in [9.17, 15) is 19.2 Å². The Labute approximate surface area is 221 Å². The highest BCUT2D eigenvalue weighted by molar-refractivity contribution is 6.00. The fourth-order valence-electron chi connectivity index (χ4n) is 4.81. The molecule has 1 aromatic rings. The van der Waals surface area contributed by atoms with E-state index in [0.29, 0.717) is 50.8 Å². The Morgan fingerprint density at radius 3 is 1.81 bits per heavy atom. The second kappa shape index (κ2) is 12.3. The average Bonchev–Trinajstić information content (AvgIpc) is 2.82. The third kappa shape index (κ3) is 7.18. The SMILES string of the molecule is C=CC[C@@]1(C)C(=O)CCCN1C(=O)OC(C)(C)C.C=CC[C@@]1(C)C(=O)CCCN1C(=O)c1ccccc1. The standard InChI is InChI=1S/C16H19NO2.C14H23NO3/c1-3-11-16(2)14(18)10-7-12-17(16)15(19)13-8-5-4-6-9-13;1-6-9-14(5)11(16)8-7-10-15(14)12(17)18-13(2,3)4/h3-6,8-9H,1,7,10-12H2,2H3;6H,1,7-10H2,2-5H3/t16-;14-/m00/s1. The molecule has 2 atom stereocenters. The molecule has 0 unspecified atom stereocenters. The van der Waals surface area contributed by atoms with Gasteiger partial charge in [0, 0.05) is 31.5 Å². The molecule has 2 fully saturated rings. The van der Waals surface area contributed by atoms with Gasteiger partial charge in [0.25, 0.3) is 5.91 Å². The number of Topliss-reactive ketones (excluding diaryl/α,β-unsaturated/α-hetero) is 2. The van der Waals surface area contributed by atoms with E-state index >= 15 is 0 Å². The highest BCUT2D eigenvalue weighted by Gasteiger charge is 2.45. The van der Waals surface area contributed by atoms with E-state index < -0.39 is 22.8 Å². The second-order valence-electron chi connectivity index (χ2n) is 11.0. The van der Waals surface area contributed by atoms with Crippen LogP contribution < -0.4 is 0 Å². The van der Waals surface area contributed by atoms with Crippen molar-refractivity contribution >= 4 is 23.6 Å². The summed E-state index contributed by atoms with van der Waals surface area (Å²) in [5, 5.41) is 0. The molecule has 2 saturated heterocycles. The summed E-state index contributed by atoms with van der Waals surface area (Å²) in [6, 6.07) is 9.13. The van der Waals surface area contributed by atoms with Crippen LogP contribution in [0.5, 0.6) is 0 Å². The average molecular weight is 511 g/mol. The zero-order valence-electron chi connectivity index (χ0n) is 23.0. The third-order valence-electron chi connectivity index (χ3n) is 6.93. The molecule has 0 aliphatic carbocycles. The molecule has 37 heavy (non-hydrogen) atoms. The van der Waals surface area contributed by atoms with Crippen molar-refractivity contribution in [2.24, 2.45) is 0 Å². The number of hydrogen-bond acceptors (Lipinski definition) is 5. The first-order valence-electron chi connectivity index (χ1n) is 13.0. The molecule has 0 bridgehead atoms. The molecular weight excluding hydrogens is 468 g/mol. The molecule has 2 aliphatic rings. The van der Waals surface area contributed by atoms with Gasteiger partial charge < -0.3 is 9.64 Å². The lowest BCUT2D eigenvalue weighted by atomic mass is 9.83. The predicted molar refractivity (Wildman–Crippen MR) is 145 cm³/mol. The monoisotopic (exact) mass is 510 g/mol. The summed E-state index contributed by atoms with van der Waals surface area (Å²) in [6.45, 7) is 17.7. The number of nitrogens with zero attached hydrogens (tertiary/aromatic N) is 2. The summed E-state index contributed by atoms with van der Waals surface area (Å²) in [6.07, 6.45) is 6.45. The van der Waals surface area contributed by atoms with Crippen LogP contribution in [0.2, 0.25) is 0 Å². The minimum Gasteiger partial charge on any atom is -0.444 e. The fraction of sp³-hybridized carbons (Fsp3) is 0.533. The van der Waals surface area contributed by atoms with Crippen LogP contribution in [0.3, 0.4) is 0 Å². The van der Waals surface area contributed by atoms with Crippen molar-refractivity contribution < 1.29 is 23.9 Å². The Bertz CT molecular complexity index is 1010. The molecule has 3 rings (SSSR count). The number of ether oxygens (including phenoxy) is 1. The van der Waals surface area contributed by atoms with E-state index in [-0.39, 0.29) is 17.5 Å². The lowest BCUT2D eigenvalue weighted by Crippen LogP contribution is -2.58. The number of carbonyl (C=O) groups excluding carboxylic acids is 4. The van der Waals surface area contributed by atoms with Gasteiger partial charge in [0.05, 0.1) is 0 Å². The summed E-state index contributed by atoms with van der Waals surface area (Å²) >= 11 is 0. The van der Waals surface area contributed by atoms with Crippen molar-refractivity contribution in [1.29, 1.82) is 0 Å². The fourth-order valence-corrected chi connectivity index (χ4v) is 4.81. The van der Waals surface area contributed by atoms with Crippen LogP contribution in [0.15, 0.2) is 55.6 Å². The number of carbonyl (C=O) groups is 4. The first-order valence-corrected chi connectivity index (χ1v) is 13.0. The molecule has 0 saturated carbocycles. The highest BCUT2D eigenvalue weighted by atomic mass is 16.6. The van der Waals surface area contributed by atoms with Crippen molar-refractivity contribution in [3.8, 4) is 0 Å². The number of ketones is 2. The van der Waals surface area contributed by atoms with E-state index in [0.717, 1.165) is 6.42 Å². The minimum absolute atomic E-state index is 0.0713. The number of likely N-dealkylation sites (tertiary alicyclic amines) is 2. The first-order chi connectivity index (χ1) is 17.3. The van der Waals surface area contributed by atoms with Crippen LogP contribution in [0.25, 0.3) is 0 Å². The van der Waals surface area contributed by atoms with Crippen LogP contribution in [0, 0.1) is 0 Å². The maximum Gasteiger partial charge on any atom is 0.411 e. The lowest BCUT2D eigenvalue weighted by Gasteiger charge is -2.43. The molecular formula is C30H42N2O5. The Morgan fingerprint density at radius 1 is 0.892 bits per heavy atom. The quantitative estimate of drug-likeness (QED) is 0.471. The van der Waals surface area contributed by atoms with E-state index in [1.807, 2.05) is 45.9 Å². The largest absolute Gasteiger partial charge is 0.444 e. The van der Waals surface area contributed by atoms with Gasteiger partial charge in [-0.1, -0.05) is 30.4 Å². The third-order valence-corrected chi connectivity index (χ3v) is 6.93. The molecule has 0 N–H and O–H groups in total. The summed E-state index contributed by atoms with van der Waals surface area (Å²) in [4.78, 5) is 52.3. The number of hydrogen-bond donors (Lipinski definition) is 0. The molecule has 0 aromatic heterocycles. The van der Waals surface area contributed by atoms with Gasteiger partial charge in [-0.05, 0) is 72.4 Å². The summed E-state index contributed by atoms with van der Waals surface area (Å²) in [7, 11) is 0. The summed E-state index contributed by atoms with van der Waals surface area (Å²) in [5.41, 5.74) is -1.46. The van der Waals surface area contributed by atoms with Crippen molar-refractivity contribution in [3.05, 3.63) is 61.2 Å². The van der Waals surface area contributed by atoms with Crippen molar-refractivity contribution in [2.75, 3.05) is 13.1 Å². The van der Waals surface area contributed by atoms with Gasteiger partial charge >= 0.3 is 6.09 Å². The van der Waals surface area contributed by atoms with Gasteiger partial charge in [-0.15, -0.1) is 13.2 Å². The van der Waals surface area contributed by atoms with Crippen LogP contribution in [0.4, 0.5) is 4.79 Å². The number of piperidine rings is 2. The maximum absolute atomic E-state index is 12.6. The Balaban J connectivity index is 0.000000261. The minimum atomic E-state index is -0.803. The lowest BCUT2D eigenvalue weighted by molar-refractivity contribution is -0.133. The molecule has 0 spiro atoms. The summed E-state index contributed by atoms with van der Waals surface area (Å²) in [5.74, 6) is 0.139. The van der Waals surface area contributed by atoms with Gasteiger partial charge in [0.15, 0.2) is 11.6 Å². The van der Waals surface area contributed by atoms with Gasteiger partial charge in [-0.2, -0.15) is 0 Å². The van der Waals surface area contributed by atoms with E-state index in [1.165, 1.54) is 0 Å². The Hall–Kier alpha value is -3.22. The Morgan fingerprint density at radius 2 is 1.35 bits per heavy atom. The molecule has 7 heteroatoms. The van der Waals surface area contributed by atoms with Crippen molar-refractivity contribution in [2.45, 2.75) is 89.8 Å². The van der Waals surface area contributed by atoms with Crippen LogP contribution in [-0.2, 0) is 14.3 Å². The number of amides is 2. The maximum atomic E-state index is 12.6. The number of benzene rings is 1. The van der Waals surface area contributed by atoms with Gasteiger partial charge in [0.2, 0.25) is 0 Å². The van der Waals surface area contributed by atoms with Crippen LogP contribution >= 0.6 is 0 Å². The Kier molecular flexibility index (Phi) is 10.0. The van der Waals surface area contributed by atoms with E-state index in [4.69, 9.17) is 4.74 Å². The summed E-state index contributed by atoms with van der Waals surface area (Å²) < 4.78 is 5.37. The molecule has 2 aliphatic heterocycles. The molecule has 2 heterocycles. The molecule has 0 radical (unpaired) electrons. The van der Waals surface area contributed by atoms with Gasteiger partial charge in [0.1, 0.15) is 16.7 Å². The number of rotatable bonds is 5. The normalized spacial score (nSPS) is 24.0. The smallest absolute Gasteiger partial charge is 0.411 e. The molecule has 202 valence electrons. The second-order valence-corrected chi connectivity index (χ2v) is 11.0. The van der Waals surface area contributed by atoms with Crippen LogP contribution in [-0.4, -0.2) is 63.1 Å². The predicted octanol–water partition coefficient (Wildman–Crippen LogP) is 5.75. The first kappa shape index (κ1) is 30.0. The van der Waals surface area contributed by atoms with Crippen molar-refractivity contribution in [3.63, 3.8) is 0 Å². The molecule has 2 amide bonds. The van der Waals surface area contributed by atoms with Crippen molar-refractivity contribution in [1.82, 2.24) is 9.80 Å². The molecule has 7 nitrogen and oxygen atoms in total. The topological polar surface area (TPSA) is 84.0 Å². The highest BCUT2D eigenvalue weighted by Crippen LogP contribution is 2.31. The van der Waals surface area contributed by atoms with Gasteiger partial charge in [-0.25, -0.2) is 4.79 Å². The zero-order valence-corrected chi connectivity index (χ0v) is 23.0.